The van der Waals surface area contributed by atoms with Crippen molar-refractivity contribution >= 4 is 11.8 Å². The molecule has 152 valence electrons. The highest BCUT2D eigenvalue weighted by Gasteiger charge is 2.43. The van der Waals surface area contributed by atoms with Gasteiger partial charge in [-0.05, 0) is 18.4 Å². The summed E-state index contributed by atoms with van der Waals surface area (Å²) in [6.45, 7) is 5.67. The molecule has 0 unspecified atom stereocenters. The van der Waals surface area contributed by atoms with Crippen molar-refractivity contribution < 1.29 is 23.8 Å². The number of rotatable bonds is 5. The quantitative estimate of drug-likeness (QED) is 0.761. The standard InChI is InChI=1S/C22H24N2O5/c1-4-27-18(26)12-28-16-8-6-5-7-13(16)19-14(11-23)21(24)29-17-10-22(2,3)9-15(25)20(17)19/h5-8,19H,4,9-10,12,24H2,1-3H3/t19-/m1/s1. The van der Waals surface area contributed by atoms with E-state index in [1.165, 1.54) is 0 Å². The number of nitriles is 1. The summed E-state index contributed by atoms with van der Waals surface area (Å²) in [4.78, 5) is 24.7. The first-order chi connectivity index (χ1) is 13.8. The first-order valence-electron chi connectivity index (χ1n) is 9.48. The van der Waals surface area contributed by atoms with Gasteiger partial charge in [-0.25, -0.2) is 4.79 Å². The van der Waals surface area contributed by atoms with E-state index in [9.17, 15) is 14.9 Å². The van der Waals surface area contributed by atoms with Gasteiger partial charge in [-0.3, -0.25) is 4.79 Å². The van der Waals surface area contributed by atoms with Crippen LogP contribution >= 0.6 is 0 Å². The van der Waals surface area contributed by atoms with Crippen LogP contribution in [0.25, 0.3) is 0 Å². The second-order valence-electron chi connectivity index (χ2n) is 7.83. The summed E-state index contributed by atoms with van der Waals surface area (Å²) in [6, 6.07) is 9.07. The monoisotopic (exact) mass is 396 g/mol. The largest absolute Gasteiger partial charge is 0.482 e. The fourth-order valence-corrected chi connectivity index (χ4v) is 3.79. The van der Waals surface area contributed by atoms with Gasteiger partial charge < -0.3 is 19.9 Å². The molecule has 3 rings (SSSR count). The number of ether oxygens (including phenoxy) is 3. The van der Waals surface area contributed by atoms with E-state index in [-0.39, 0.29) is 35.9 Å². The van der Waals surface area contributed by atoms with Crippen molar-refractivity contribution in [2.75, 3.05) is 13.2 Å². The van der Waals surface area contributed by atoms with Crippen LogP contribution in [0, 0.1) is 16.7 Å². The molecule has 0 spiro atoms. The number of nitrogens with zero attached hydrogens (tertiary/aromatic N) is 1. The summed E-state index contributed by atoms with van der Waals surface area (Å²) >= 11 is 0. The molecule has 0 radical (unpaired) electrons. The van der Waals surface area contributed by atoms with Crippen LogP contribution in [0.1, 0.15) is 45.1 Å². The van der Waals surface area contributed by atoms with E-state index in [2.05, 4.69) is 6.07 Å². The van der Waals surface area contributed by atoms with E-state index in [4.69, 9.17) is 19.9 Å². The lowest BCUT2D eigenvalue weighted by molar-refractivity contribution is -0.145. The number of allylic oxidation sites excluding steroid dienone is 3. The van der Waals surface area contributed by atoms with Crippen LogP contribution in [-0.2, 0) is 19.1 Å². The van der Waals surface area contributed by atoms with Crippen molar-refractivity contribution in [3.8, 4) is 11.8 Å². The number of benzene rings is 1. The zero-order valence-electron chi connectivity index (χ0n) is 16.8. The number of ketones is 1. The molecule has 7 nitrogen and oxygen atoms in total. The van der Waals surface area contributed by atoms with Crippen LogP contribution < -0.4 is 10.5 Å². The molecular formula is C22H24N2O5. The number of esters is 1. The average Bonchev–Trinajstić information content (AvgIpc) is 2.64. The van der Waals surface area contributed by atoms with Gasteiger partial charge in [0.2, 0.25) is 5.88 Å². The Bertz CT molecular complexity index is 952. The lowest BCUT2D eigenvalue weighted by Gasteiger charge is -2.37. The Kier molecular flexibility index (Phi) is 5.64. The fourth-order valence-electron chi connectivity index (χ4n) is 3.79. The van der Waals surface area contributed by atoms with E-state index in [1.807, 2.05) is 13.8 Å². The number of Topliss-reactive ketones (excluding diaryl/α,β-unsaturated/α-hetero) is 1. The number of hydrogen-bond acceptors (Lipinski definition) is 7. The Morgan fingerprint density at radius 2 is 2.07 bits per heavy atom. The van der Waals surface area contributed by atoms with Gasteiger partial charge in [-0.1, -0.05) is 32.0 Å². The van der Waals surface area contributed by atoms with Crippen LogP contribution in [-0.4, -0.2) is 25.0 Å². The number of carbonyl (C=O) groups is 2. The fraction of sp³-hybridized carbons (Fsp3) is 0.409. The Morgan fingerprint density at radius 3 is 2.76 bits per heavy atom. The van der Waals surface area contributed by atoms with Gasteiger partial charge in [0.15, 0.2) is 12.4 Å². The van der Waals surface area contributed by atoms with Crippen LogP contribution in [0.4, 0.5) is 0 Å². The number of para-hydroxylation sites is 1. The predicted molar refractivity (Wildman–Crippen MR) is 104 cm³/mol. The Hall–Kier alpha value is -3.27. The molecule has 1 atom stereocenters. The van der Waals surface area contributed by atoms with Crippen LogP contribution in [0.5, 0.6) is 5.75 Å². The average molecular weight is 396 g/mol. The van der Waals surface area contributed by atoms with Crippen LogP contribution in [0.3, 0.4) is 0 Å². The maximum atomic E-state index is 13.0. The molecule has 0 amide bonds. The Labute approximate surface area is 169 Å². The maximum absolute atomic E-state index is 13.0. The normalized spacial score (nSPS) is 20.5. The highest BCUT2D eigenvalue weighted by atomic mass is 16.6. The number of carbonyl (C=O) groups excluding carboxylic acids is 2. The van der Waals surface area contributed by atoms with Gasteiger partial charge >= 0.3 is 5.97 Å². The minimum Gasteiger partial charge on any atom is -0.482 e. The van der Waals surface area contributed by atoms with Crippen molar-refractivity contribution in [2.45, 2.75) is 39.5 Å². The molecule has 0 fully saturated rings. The molecule has 1 aliphatic carbocycles. The van der Waals surface area contributed by atoms with E-state index < -0.39 is 11.9 Å². The predicted octanol–water partition coefficient (Wildman–Crippen LogP) is 3.08. The first kappa shape index (κ1) is 20.5. The second-order valence-corrected chi connectivity index (χ2v) is 7.83. The molecule has 7 heteroatoms. The van der Waals surface area contributed by atoms with Crippen molar-refractivity contribution in [1.82, 2.24) is 0 Å². The van der Waals surface area contributed by atoms with Crippen molar-refractivity contribution in [3.05, 3.63) is 52.6 Å². The molecular weight excluding hydrogens is 372 g/mol. The van der Waals surface area contributed by atoms with Gasteiger partial charge in [0.1, 0.15) is 23.2 Å². The zero-order chi connectivity index (χ0) is 21.2. The van der Waals surface area contributed by atoms with Gasteiger partial charge in [-0.2, -0.15) is 5.26 Å². The first-order valence-corrected chi connectivity index (χ1v) is 9.48. The van der Waals surface area contributed by atoms with E-state index in [1.54, 1.807) is 31.2 Å². The summed E-state index contributed by atoms with van der Waals surface area (Å²) in [7, 11) is 0. The third kappa shape index (κ3) is 4.11. The molecule has 1 heterocycles. The maximum Gasteiger partial charge on any atom is 0.344 e. The van der Waals surface area contributed by atoms with E-state index >= 15 is 0 Å². The van der Waals surface area contributed by atoms with E-state index in [0.29, 0.717) is 35.5 Å². The van der Waals surface area contributed by atoms with Crippen molar-refractivity contribution in [3.63, 3.8) is 0 Å². The molecule has 29 heavy (non-hydrogen) atoms. The zero-order valence-corrected chi connectivity index (χ0v) is 16.8. The van der Waals surface area contributed by atoms with E-state index in [0.717, 1.165) is 0 Å². The van der Waals surface area contributed by atoms with Gasteiger partial charge in [0.25, 0.3) is 0 Å². The molecule has 2 aliphatic rings. The molecule has 0 saturated heterocycles. The lowest BCUT2D eigenvalue weighted by Crippen LogP contribution is -2.33. The smallest absolute Gasteiger partial charge is 0.344 e. The van der Waals surface area contributed by atoms with Gasteiger partial charge in [0.05, 0.1) is 12.5 Å². The Morgan fingerprint density at radius 1 is 1.34 bits per heavy atom. The summed E-state index contributed by atoms with van der Waals surface area (Å²) < 4.78 is 16.3. The second kappa shape index (κ2) is 8.00. The third-order valence-corrected chi connectivity index (χ3v) is 4.96. The third-order valence-electron chi connectivity index (χ3n) is 4.96. The summed E-state index contributed by atoms with van der Waals surface area (Å²) in [6.07, 6.45) is 0.881. The highest BCUT2D eigenvalue weighted by molar-refractivity contribution is 6.00. The highest BCUT2D eigenvalue weighted by Crippen LogP contribution is 2.49. The molecule has 1 aromatic rings. The summed E-state index contributed by atoms with van der Waals surface area (Å²) in [5, 5.41) is 9.73. The SMILES string of the molecule is CCOC(=O)COc1ccccc1[C@@H]1C(C#N)=C(N)OC2=C1C(=O)CC(C)(C)C2. The molecule has 0 aromatic heterocycles. The number of nitrogens with two attached hydrogens (primary N) is 1. The molecule has 2 N–H and O–H groups in total. The molecule has 0 saturated carbocycles. The lowest BCUT2D eigenvalue weighted by atomic mass is 9.70. The van der Waals surface area contributed by atoms with Crippen molar-refractivity contribution in [1.29, 1.82) is 5.26 Å². The minimum atomic E-state index is -0.703. The molecule has 1 aliphatic heterocycles. The molecule has 0 bridgehead atoms. The number of hydrogen-bond donors (Lipinski definition) is 1. The van der Waals surface area contributed by atoms with Crippen molar-refractivity contribution in [2.24, 2.45) is 11.1 Å². The molecule has 1 aromatic carbocycles. The topological polar surface area (TPSA) is 112 Å². The van der Waals surface area contributed by atoms with Crippen LogP contribution in [0.2, 0.25) is 0 Å². The summed E-state index contributed by atoms with van der Waals surface area (Å²) in [5.41, 5.74) is 6.96. The van der Waals surface area contributed by atoms with Gasteiger partial charge in [-0.15, -0.1) is 0 Å². The summed E-state index contributed by atoms with van der Waals surface area (Å²) in [5.74, 6) is -0.417. The van der Waals surface area contributed by atoms with Crippen LogP contribution in [0.15, 0.2) is 47.1 Å². The minimum absolute atomic E-state index is 0.0121. The van der Waals surface area contributed by atoms with Gasteiger partial charge in [0, 0.05) is 24.0 Å². The Balaban J connectivity index is 2.06.